The quantitative estimate of drug-likeness (QED) is 0.629. The van der Waals surface area contributed by atoms with Gasteiger partial charge in [-0.1, -0.05) is 0 Å². The lowest BCUT2D eigenvalue weighted by Crippen LogP contribution is -2.33. The minimum absolute atomic E-state index is 0.106. The molecule has 1 aliphatic heterocycles. The first-order valence-corrected chi connectivity index (χ1v) is 4.69. The van der Waals surface area contributed by atoms with Gasteiger partial charge in [0.2, 0.25) is 5.91 Å². The zero-order valence-electron chi connectivity index (χ0n) is 7.75. The van der Waals surface area contributed by atoms with Crippen LogP contribution in [0.3, 0.4) is 0 Å². The van der Waals surface area contributed by atoms with E-state index in [1.54, 1.807) is 0 Å². The van der Waals surface area contributed by atoms with Crippen LogP contribution in [-0.4, -0.2) is 37.0 Å². The van der Waals surface area contributed by atoms with Gasteiger partial charge in [0.25, 0.3) is 0 Å². The molecule has 1 rings (SSSR count). The Morgan fingerprint density at radius 1 is 1.62 bits per heavy atom. The zero-order chi connectivity index (χ0) is 9.52. The van der Waals surface area contributed by atoms with E-state index in [0.717, 1.165) is 32.5 Å². The van der Waals surface area contributed by atoms with Gasteiger partial charge in [-0.25, -0.2) is 0 Å². The van der Waals surface area contributed by atoms with E-state index in [4.69, 9.17) is 5.26 Å². The molecule has 0 aliphatic carbocycles. The summed E-state index contributed by atoms with van der Waals surface area (Å²) in [5.41, 5.74) is 0. The minimum atomic E-state index is 0.106. The third-order valence-corrected chi connectivity index (χ3v) is 2.10. The Morgan fingerprint density at radius 2 is 2.46 bits per heavy atom. The van der Waals surface area contributed by atoms with E-state index in [1.807, 2.05) is 0 Å². The van der Waals surface area contributed by atoms with Crippen LogP contribution in [0, 0.1) is 11.3 Å². The second-order valence-electron chi connectivity index (χ2n) is 3.24. The summed E-state index contributed by atoms with van der Waals surface area (Å²) in [6.45, 7) is 3.10. The highest BCUT2D eigenvalue weighted by Crippen LogP contribution is 1.98. The molecule has 0 atom stereocenters. The molecule has 0 radical (unpaired) electrons. The fourth-order valence-electron chi connectivity index (χ4n) is 1.44. The van der Waals surface area contributed by atoms with Crippen molar-refractivity contribution in [1.29, 1.82) is 5.26 Å². The first-order chi connectivity index (χ1) is 6.33. The highest BCUT2D eigenvalue weighted by molar-refractivity contribution is 5.78. The van der Waals surface area contributed by atoms with Crippen molar-refractivity contribution >= 4 is 5.91 Å². The molecule has 0 spiro atoms. The third kappa shape index (κ3) is 3.90. The van der Waals surface area contributed by atoms with Crippen molar-refractivity contribution < 1.29 is 4.79 Å². The van der Waals surface area contributed by atoms with Gasteiger partial charge < -0.3 is 5.32 Å². The number of unbranched alkanes of at least 4 members (excludes halogenated alkanes) is 1. The molecule has 0 unspecified atom stereocenters. The van der Waals surface area contributed by atoms with Crippen molar-refractivity contribution in [3.05, 3.63) is 0 Å². The number of nitriles is 1. The summed E-state index contributed by atoms with van der Waals surface area (Å²) in [4.78, 5) is 13.2. The van der Waals surface area contributed by atoms with Gasteiger partial charge in [0, 0.05) is 19.5 Å². The Hall–Kier alpha value is -1.08. The van der Waals surface area contributed by atoms with Gasteiger partial charge in [0.15, 0.2) is 0 Å². The first-order valence-electron chi connectivity index (χ1n) is 4.69. The predicted octanol–water partition coefficient (Wildman–Crippen LogP) is 0.112. The van der Waals surface area contributed by atoms with Crippen LogP contribution in [0.1, 0.15) is 19.3 Å². The molecule has 1 heterocycles. The maximum atomic E-state index is 11.1. The molecule has 1 amide bonds. The lowest BCUT2D eigenvalue weighted by atomic mass is 10.3. The Balaban J connectivity index is 2.23. The van der Waals surface area contributed by atoms with Crippen LogP contribution in [0.25, 0.3) is 0 Å². The highest BCUT2D eigenvalue weighted by atomic mass is 16.2. The predicted molar refractivity (Wildman–Crippen MR) is 48.9 cm³/mol. The Kier molecular flexibility index (Phi) is 4.27. The molecule has 4 nitrogen and oxygen atoms in total. The summed E-state index contributed by atoms with van der Waals surface area (Å²) in [6.07, 6.45) is 2.46. The van der Waals surface area contributed by atoms with Gasteiger partial charge in [-0.3, -0.25) is 9.69 Å². The summed E-state index contributed by atoms with van der Waals surface area (Å²) in [5, 5.41) is 11.2. The molecule has 0 aromatic carbocycles. The van der Waals surface area contributed by atoms with Crippen molar-refractivity contribution in [2.45, 2.75) is 19.3 Å². The number of amides is 1. The fourth-order valence-corrected chi connectivity index (χ4v) is 1.44. The van der Waals surface area contributed by atoms with Crippen LogP contribution in [0.5, 0.6) is 0 Å². The zero-order valence-corrected chi connectivity index (χ0v) is 7.75. The van der Waals surface area contributed by atoms with Crippen LogP contribution in [0.15, 0.2) is 0 Å². The maximum Gasteiger partial charge on any atom is 0.234 e. The van der Waals surface area contributed by atoms with Crippen molar-refractivity contribution in [2.24, 2.45) is 0 Å². The molecule has 1 saturated heterocycles. The van der Waals surface area contributed by atoms with Crippen LogP contribution in [0.2, 0.25) is 0 Å². The molecule has 4 heteroatoms. The van der Waals surface area contributed by atoms with E-state index in [0.29, 0.717) is 13.0 Å². The number of rotatable bonds is 3. The van der Waals surface area contributed by atoms with Gasteiger partial charge in [0.05, 0.1) is 12.6 Å². The first kappa shape index (κ1) is 10.0. The van der Waals surface area contributed by atoms with Gasteiger partial charge in [-0.15, -0.1) is 0 Å². The van der Waals surface area contributed by atoms with Crippen molar-refractivity contribution in [2.75, 3.05) is 26.2 Å². The average molecular weight is 181 g/mol. The summed E-state index contributed by atoms with van der Waals surface area (Å²) in [6, 6.07) is 2.11. The van der Waals surface area contributed by atoms with Crippen LogP contribution < -0.4 is 5.32 Å². The highest BCUT2D eigenvalue weighted by Gasteiger charge is 2.13. The topological polar surface area (TPSA) is 56.1 Å². The number of hydrogen-bond acceptors (Lipinski definition) is 3. The van der Waals surface area contributed by atoms with Gasteiger partial charge in [-0.2, -0.15) is 5.26 Å². The van der Waals surface area contributed by atoms with Crippen LogP contribution >= 0.6 is 0 Å². The number of carbonyl (C=O) groups excluding carboxylic acids is 1. The average Bonchev–Trinajstić information content (AvgIpc) is 2.31. The largest absolute Gasteiger partial charge is 0.355 e. The lowest BCUT2D eigenvalue weighted by Gasteiger charge is -2.16. The Labute approximate surface area is 78.5 Å². The SMILES string of the molecule is N#CCCCN1CCCNC(=O)C1. The smallest absolute Gasteiger partial charge is 0.234 e. The third-order valence-electron chi connectivity index (χ3n) is 2.10. The lowest BCUT2D eigenvalue weighted by molar-refractivity contribution is -0.121. The number of nitrogens with zero attached hydrogens (tertiary/aromatic N) is 2. The van der Waals surface area contributed by atoms with E-state index < -0.39 is 0 Å². The molecule has 0 aromatic rings. The second kappa shape index (κ2) is 5.55. The molecule has 0 bridgehead atoms. The minimum Gasteiger partial charge on any atom is -0.355 e. The van der Waals surface area contributed by atoms with E-state index in [2.05, 4.69) is 16.3 Å². The molecular weight excluding hydrogens is 166 g/mol. The van der Waals surface area contributed by atoms with E-state index in [-0.39, 0.29) is 5.91 Å². The van der Waals surface area contributed by atoms with Gasteiger partial charge in [-0.05, 0) is 19.4 Å². The number of hydrogen-bond donors (Lipinski definition) is 1. The number of carbonyl (C=O) groups is 1. The van der Waals surface area contributed by atoms with Crippen molar-refractivity contribution in [3.8, 4) is 6.07 Å². The molecular formula is C9H15N3O. The van der Waals surface area contributed by atoms with Gasteiger partial charge in [0.1, 0.15) is 0 Å². The summed E-state index contributed by atoms with van der Waals surface area (Å²) in [7, 11) is 0. The molecule has 1 aliphatic rings. The standard InChI is InChI=1S/C9H15N3O/c10-4-1-2-6-12-7-3-5-11-9(13)8-12/h1-3,5-8H2,(H,11,13). The van der Waals surface area contributed by atoms with Gasteiger partial charge >= 0.3 is 0 Å². The summed E-state index contributed by atoms with van der Waals surface area (Å²) in [5.74, 6) is 0.106. The molecule has 72 valence electrons. The fraction of sp³-hybridized carbons (Fsp3) is 0.778. The van der Waals surface area contributed by atoms with E-state index in [9.17, 15) is 4.79 Å². The molecule has 1 N–H and O–H groups in total. The summed E-state index contributed by atoms with van der Waals surface area (Å²) < 4.78 is 0. The van der Waals surface area contributed by atoms with Crippen LogP contribution in [-0.2, 0) is 4.79 Å². The maximum absolute atomic E-state index is 11.1. The second-order valence-corrected chi connectivity index (χ2v) is 3.24. The van der Waals surface area contributed by atoms with Crippen molar-refractivity contribution in [1.82, 2.24) is 10.2 Å². The van der Waals surface area contributed by atoms with Crippen LogP contribution in [0.4, 0.5) is 0 Å². The van der Waals surface area contributed by atoms with Crippen molar-refractivity contribution in [3.63, 3.8) is 0 Å². The molecule has 1 fully saturated rings. The molecule has 13 heavy (non-hydrogen) atoms. The Bertz CT molecular complexity index is 209. The van der Waals surface area contributed by atoms with E-state index >= 15 is 0 Å². The van der Waals surface area contributed by atoms with E-state index in [1.165, 1.54) is 0 Å². The molecule has 0 saturated carbocycles. The monoisotopic (exact) mass is 181 g/mol. The summed E-state index contributed by atoms with van der Waals surface area (Å²) >= 11 is 0. The Morgan fingerprint density at radius 3 is 3.23 bits per heavy atom. The number of nitrogens with one attached hydrogen (secondary N) is 1. The normalized spacial score (nSPS) is 18.8. The molecule has 0 aromatic heterocycles.